The fraction of sp³-hybridized carbons (Fsp3) is 0.909. The van der Waals surface area contributed by atoms with E-state index in [9.17, 15) is 4.79 Å². The molecule has 2 heterocycles. The molecule has 86 valence electrons. The Morgan fingerprint density at radius 2 is 2.27 bits per heavy atom. The van der Waals surface area contributed by atoms with Crippen molar-refractivity contribution in [2.75, 3.05) is 18.8 Å². The van der Waals surface area contributed by atoms with Crippen molar-refractivity contribution in [3.05, 3.63) is 0 Å². The number of nitrogens with zero attached hydrogens (tertiary/aromatic N) is 1. The van der Waals surface area contributed by atoms with Crippen LogP contribution in [0.4, 0.5) is 0 Å². The van der Waals surface area contributed by atoms with E-state index in [2.05, 4.69) is 27.8 Å². The number of halogens is 1. The van der Waals surface area contributed by atoms with Crippen LogP contribution in [0.5, 0.6) is 0 Å². The molecule has 0 bridgehead atoms. The van der Waals surface area contributed by atoms with Gasteiger partial charge in [0, 0.05) is 17.9 Å². The van der Waals surface area contributed by atoms with Gasteiger partial charge in [-0.15, -0.1) is 11.8 Å². The van der Waals surface area contributed by atoms with Crippen LogP contribution < -0.4 is 0 Å². The molecule has 2 aliphatic rings. The van der Waals surface area contributed by atoms with Crippen LogP contribution in [0.2, 0.25) is 0 Å². The smallest absolute Gasteiger partial charge is 0.235 e. The molecule has 0 aromatic carbocycles. The molecule has 2 fully saturated rings. The minimum absolute atomic E-state index is 0.268. The van der Waals surface area contributed by atoms with Gasteiger partial charge in [0.05, 0.1) is 5.25 Å². The molecule has 0 spiro atoms. The highest BCUT2D eigenvalue weighted by molar-refractivity contribution is 9.09. The van der Waals surface area contributed by atoms with E-state index >= 15 is 0 Å². The summed E-state index contributed by atoms with van der Waals surface area (Å²) in [6, 6.07) is 0. The topological polar surface area (TPSA) is 20.3 Å². The van der Waals surface area contributed by atoms with E-state index in [1.54, 1.807) is 0 Å². The van der Waals surface area contributed by atoms with Gasteiger partial charge >= 0.3 is 0 Å². The first-order valence-corrected chi connectivity index (χ1v) is 7.69. The van der Waals surface area contributed by atoms with Crippen LogP contribution in [0.25, 0.3) is 0 Å². The SMILES string of the molecule is CC1CN(C(=O)C2CCCS2)CCC1Br. The quantitative estimate of drug-likeness (QED) is 0.692. The zero-order valence-corrected chi connectivity index (χ0v) is 11.5. The average molecular weight is 292 g/mol. The molecule has 0 radical (unpaired) electrons. The first-order valence-electron chi connectivity index (χ1n) is 5.73. The zero-order chi connectivity index (χ0) is 10.8. The molecule has 0 aromatic rings. The summed E-state index contributed by atoms with van der Waals surface area (Å²) >= 11 is 5.51. The van der Waals surface area contributed by atoms with Crippen molar-refractivity contribution in [3.63, 3.8) is 0 Å². The van der Waals surface area contributed by atoms with Gasteiger partial charge in [0.1, 0.15) is 0 Å². The number of piperidine rings is 1. The molecular weight excluding hydrogens is 274 g/mol. The molecule has 15 heavy (non-hydrogen) atoms. The van der Waals surface area contributed by atoms with Gasteiger partial charge in [0.25, 0.3) is 0 Å². The first kappa shape index (κ1) is 11.8. The Morgan fingerprint density at radius 1 is 1.47 bits per heavy atom. The standard InChI is InChI=1S/C11H18BrNOS/c1-8-7-13(5-4-9(8)12)11(14)10-3-2-6-15-10/h8-10H,2-7H2,1H3. The highest BCUT2D eigenvalue weighted by atomic mass is 79.9. The predicted octanol–water partition coefficient (Wildman–Crippen LogP) is 2.51. The first-order chi connectivity index (χ1) is 7.18. The lowest BCUT2D eigenvalue weighted by atomic mass is 9.99. The van der Waals surface area contributed by atoms with Crippen LogP contribution in [0.3, 0.4) is 0 Å². The van der Waals surface area contributed by atoms with Crippen molar-refractivity contribution >= 4 is 33.6 Å². The molecule has 2 nitrogen and oxygen atoms in total. The molecule has 3 unspecified atom stereocenters. The molecule has 0 aromatic heterocycles. The molecular formula is C11H18BrNOS. The molecule has 0 saturated carbocycles. The summed E-state index contributed by atoms with van der Waals surface area (Å²) in [5, 5.41) is 0.268. The van der Waals surface area contributed by atoms with Crippen molar-refractivity contribution in [2.45, 2.75) is 36.3 Å². The largest absolute Gasteiger partial charge is 0.341 e. The molecule has 4 heteroatoms. The Balaban J connectivity index is 1.90. The molecule has 0 N–H and O–H groups in total. The minimum atomic E-state index is 0.268. The van der Waals surface area contributed by atoms with Crippen molar-refractivity contribution in [3.8, 4) is 0 Å². The highest BCUT2D eigenvalue weighted by Crippen LogP contribution is 2.30. The van der Waals surface area contributed by atoms with Crippen molar-refractivity contribution in [1.82, 2.24) is 4.90 Å². The molecule has 2 aliphatic heterocycles. The third kappa shape index (κ3) is 2.70. The van der Waals surface area contributed by atoms with Crippen LogP contribution in [-0.4, -0.2) is 39.7 Å². The van der Waals surface area contributed by atoms with Gasteiger partial charge in [-0.05, 0) is 30.9 Å². The summed E-state index contributed by atoms with van der Waals surface area (Å²) in [7, 11) is 0. The number of carbonyl (C=O) groups excluding carboxylic acids is 1. The molecule has 3 atom stereocenters. The predicted molar refractivity (Wildman–Crippen MR) is 68.6 cm³/mol. The van der Waals surface area contributed by atoms with E-state index < -0.39 is 0 Å². The molecule has 1 amide bonds. The lowest BCUT2D eigenvalue weighted by Gasteiger charge is -2.35. The number of alkyl halides is 1. The normalized spacial score (nSPS) is 36.9. The summed E-state index contributed by atoms with van der Waals surface area (Å²) in [4.78, 5) is 14.8. The Labute approximate surface area is 104 Å². The number of carbonyl (C=O) groups is 1. The second-order valence-electron chi connectivity index (χ2n) is 4.57. The fourth-order valence-corrected chi connectivity index (χ4v) is 3.91. The van der Waals surface area contributed by atoms with Crippen molar-refractivity contribution in [2.24, 2.45) is 5.92 Å². The maximum absolute atomic E-state index is 12.1. The van der Waals surface area contributed by atoms with E-state index in [1.165, 1.54) is 12.2 Å². The number of thioether (sulfide) groups is 1. The van der Waals surface area contributed by atoms with Crippen LogP contribution in [0.15, 0.2) is 0 Å². The van der Waals surface area contributed by atoms with Crippen LogP contribution in [-0.2, 0) is 4.79 Å². The third-order valence-electron chi connectivity index (χ3n) is 3.32. The monoisotopic (exact) mass is 291 g/mol. The summed E-state index contributed by atoms with van der Waals surface area (Å²) in [5.41, 5.74) is 0. The van der Waals surface area contributed by atoms with E-state index in [1.807, 2.05) is 11.8 Å². The van der Waals surface area contributed by atoms with Crippen LogP contribution in [0, 0.1) is 5.92 Å². The maximum atomic E-state index is 12.1. The van der Waals surface area contributed by atoms with Crippen LogP contribution in [0.1, 0.15) is 26.2 Å². The number of likely N-dealkylation sites (tertiary alicyclic amines) is 1. The zero-order valence-electron chi connectivity index (χ0n) is 9.12. The molecule has 2 saturated heterocycles. The number of amides is 1. The Morgan fingerprint density at radius 3 is 2.87 bits per heavy atom. The number of hydrogen-bond acceptors (Lipinski definition) is 2. The van der Waals surface area contributed by atoms with Gasteiger partial charge in [-0.3, -0.25) is 4.79 Å². The number of hydrogen-bond donors (Lipinski definition) is 0. The average Bonchev–Trinajstić information content (AvgIpc) is 2.74. The summed E-state index contributed by atoms with van der Waals surface area (Å²) in [5.74, 6) is 2.15. The van der Waals surface area contributed by atoms with Crippen LogP contribution >= 0.6 is 27.7 Å². The van der Waals surface area contributed by atoms with Crippen molar-refractivity contribution < 1.29 is 4.79 Å². The van der Waals surface area contributed by atoms with Gasteiger partial charge < -0.3 is 4.90 Å². The van der Waals surface area contributed by atoms with Gasteiger partial charge in [0.2, 0.25) is 5.91 Å². The Kier molecular flexibility index (Phi) is 3.99. The summed E-state index contributed by atoms with van der Waals surface area (Å²) in [6.07, 6.45) is 3.40. The second-order valence-corrected chi connectivity index (χ2v) is 7.05. The van der Waals surface area contributed by atoms with Gasteiger partial charge in [-0.1, -0.05) is 22.9 Å². The van der Waals surface area contributed by atoms with Gasteiger partial charge in [0.15, 0.2) is 0 Å². The highest BCUT2D eigenvalue weighted by Gasteiger charge is 2.32. The maximum Gasteiger partial charge on any atom is 0.235 e. The van der Waals surface area contributed by atoms with E-state index in [0.29, 0.717) is 16.7 Å². The summed E-state index contributed by atoms with van der Waals surface area (Å²) < 4.78 is 0. The van der Waals surface area contributed by atoms with Crippen molar-refractivity contribution in [1.29, 1.82) is 0 Å². The van der Waals surface area contributed by atoms with E-state index in [4.69, 9.17) is 0 Å². The molecule has 2 rings (SSSR count). The summed E-state index contributed by atoms with van der Waals surface area (Å²) in [6.45, 7) is 4.10. The van der Waals surface area contributed by atoms with Gasteiger partial charge in [-0.2, -0.15) is 0 Å². The molecule has 0 aliphatic carbocycles. The minimum Gasteiger partial charge on any atom is -0.341 e. The Hall–Kier alpha value is 0.300. The Bertz CT molecular complexity index is 243. The van der Waals surface area contributed by atoms with Gasteiger partial charge in [-0.25, -0.2) is 0 Å². The lowest BCUT2D eigenvalue weighted by molar-refractivity contribution is -0.132. The van der Waals surface area contributed by atoms with E-state index in [-0.39, 0.29) is 5.25 Å². The van der Waals surface area contributed by atoms with E-state index in [0.717, 1.165) is 25.9 Å². The fourth-order valence-electron chi connectivity index (χ4n) is 2.29. The number of rotatable bonds is 1. The second kappa shape index (κ2) is 5.09. The third-order valence-corrected chi connectivity index (χ3v) is 6.04. The lowest BCUT2D eigenvalue weighted by Crippen LogP contribution is -2.46.